The molecule has 0 unspecified atom stereocenters. The molecular formula is C5H7Rb. The fraction of sp³-hybridized carbons (Fsp3) is 0. The summed E-state index contributed by atoms with van der Waals surface area (Å²) in [6.45, 7) is 6.85. The summed E-state index contributed by atoms with van der Waals surface area (Å²) in [7, 11) is 0. The first-order valence-corrected chi connectivity index (χ1v) is 1.48. The Bertz CT molecular complexity index is 45.9. The summed E-state index contributed by atoms with van der Waals surface area (Å²) in [5, 5.41) is 0. The van der Waals surface area contributed by atoms with Crippen LogP contribution in [-0.2, 0) is 0 Å². The quantitative estimate of drug-likeness (QED) is 0.319. The minimum Gasteiger partial charge on any atom is -0.245 e. The zero-order chi connectivity index (χ0) is 4.12. The fourth-order valence-corrected chi connectivity index (χ4v) is 0.0962. The summed E-state index contributed by atoms with van der Waals surface area (Å²) < 4.78 is 0. The van der Waals surface area contributed by atoms with Crippen molar-refractivity contribution < 1.29 is 58.2 Å². The van der Waals surface area contributed by atoms with Gasteiger partial charge in [0.15, 0.2) is 0 Å². The van der Waals surface area contributed by atoms with Gasteiger partial charge in [-0.3, -0.25) is 0 Å². The predicted octanol–water partition coefficient (Wildman–Crippen LogP) is -1.43. The van der Waals surface area contributed by atoms with Crippen LogP contribution in [0.3, 0.4) is 0 Å². The van der Waals surface area contributed by atoms with Crippen molar-refractivity contribution in [2.75, 3.05) is 0 Å². The normalized spacial score (nSPS) is 7.33. The summed E-state index contributed by atoms with van der Waals surface area (Å²) in [5.74, 6) is 0. The number of hydrogen-bond donors (Lipinski definition) is 0. The van der Waals surface area contributed by atoms with Crippen molar-refractivity contribution >= 4 is 0 Å². The van der Waals surface area contributed by atoms with Gasteiger partial charge in [0, 0.05) is 0 Å². The third-order valence-electron chi connectivity index (χ3n) is 0.272. The van der Waals surface area contributed by atoms with Crippen molar-refractivity contribution in [1.29, 1.82) is 0 Å². The maximum Gasteiger partial charge on any atom is 1.00 e. The average molecular weight is 153 g/mol. The van der Waals surface area contributed by atoms with Crippen LogP contribution in [0.25, 0.3) is 0 Å². The Balaban J connectivity index is 0. The molecule has 0 heterocycles. The average Bonchev–Trinajstić information content (AvgIpc) is 1.41. The fourth-order valence-electron chi connectivity index (χ4n) is 0.0962. The molecule has 0 aliphatic rings. The third kappa shape index (κ3) is 8.94. The molecule has 6 heavy (non-hydrogen) atoms. The maximum absolute atomic E-state index is 3.42. The molecule has 0 saturated carbocycles. The second-order valence-corrected chi connectivity index (χ2v) is 0.664. The van der Waals surface area contributed by atoms with Crippen molar-refractivity contribution in [3.8, 4) is 0 Å². The molecule has 0 aromatic carbocycles. The number of allylic oxidation sites excluding steroid dienone is 3. The second-order valence-electron chi connectivity index (χ2n) is 0.664. The summed E-state index contributed by atoms with van der Waals surface area (Å²) in [6.07, 6.45) is 5.15. The molecule has 0 bridgehead atoms. The molecular weight excluding hydrogens is 146 g/mol. The van der Waals surface area contributed by atoms with Gasteiger partial charge in [-0.15, -0.1) is 6.58 Å². The van der Waals surface area contributed by atoms with E-state index in [4.69, 9.17) is 0 Å². The Morgan fingerprint density at radius 1 is 1.50 bits per heavy atom. The predicted molar refractivity (Wildman–Crippen MR) is 24.7 cm³/mol. The van der Waals surface area contributed by atoms with Crippen LogP contribution in [0.5, 0.6) is 0 Å². The van der Waals surface area contributed by atoms with Crippen LogP contribution < -0.4 is 58.2 Å². The molecule has 1 heteroatoms. The molecule has 0 aromatic rings. The van der Waals surface area contributed by atoms with Crippen LogP contribution in [-0.4, -0.2) is 0 Å². The minimum atomic E-state index is 0. The van der Waals surface area contributed by atoms with Gasteiger partial charge >= 0.3 is 58.2 Å². The Labute approximate surface area is 88.1 Å². The van der Waals surface area contributed by atoms with E-state index in [1.54, 1.807) is 18.2 Å². The van der Waals surface area contributed by atoms with E-state index in [0.29, 0.717) is 0 Å². The summed E-state index contributed by atoms with van der Waals surface area (Å²) in [4.78, 5) is 0. The molecule has 0 N–H and O–H groups in total. The van der Waals surface area contributed by atoms with Crippen LogP contribution in [0, 0.1) is 6.92 Å². The van der Waals surface area contributed by atoms with Gasteiger partial charge in [-0.1, -0.05) is 0 Å². The Hall–Kier alpha value is 1.16. The standard InChI is InChI=1S/C5H7.Rb/c1-3-5-4-2;/h3-5H,1-2H2;/q-1;+1. The molecule has 0 fully saturated rings. The molecule has 28 valence electrons. The van der Waals surface area contributed by atoms with Gasteiger partial charge in [0.05, 0.1) is 0 Å². The van der Waals surface area contributed by atoms with Gasteiger partial charge < -0.3 is 0 Å². The largest absolute Gasteiger partial charge is 1.00 e. The minimum absolute atomic E-state index is 0. The van der Waals surface area contributed by atoms with Crippen molar-refractivity contribution in [3.05, 3.63) is 31.7 Å². The van der Waals surface area contributed by atoms with Crippen LogP contribution >= 0.6 is 0 Å². The molecule has 0 saturated heterocycles. The van der Waals surface area contributed by atoms with Crippen LogP contribution in [0.4, 0.5) is 0 Å². The van der Waals surface area contributed by atoms with Gasteiger partial charge in [0.2, 0.25) is 0 Å². The molecule has 0 nitrogen and oxygen atoms in total. The molecule has 0 rings (SSSR count). The zero-order valence-electron chi connectivity index (χ0n) is 4.15. The van der Waals surface area contributed by atoms with Crippen LogP contribution in [0.15, 0.2) is 24.8 Å². The van der Waals surface area contributed by atoms with Crippen molar-refractivity contribution in [2.45, 2.75) is 0 Å². The molecule has 0 aromatic heterocycles. The van der Waals surface area contributed by atoms with E-state index in [2.05, 4.69) is 13.5 Å². The topological polar surface area (TPSA) is 0 Å². The summed E-state index contributed by atoms with van der Waals surface area (Å²) in [6, 6.07) is 0. The zero-order valence-corrected chi connectivity index (χ0v) is 9.06. The molecule has 0 aliphatic carbocycles. The summed E-state index contributed by atoms with van der Waals surface area (Å²) >= 11 is 0. The molecule has 0 aliphatic heterocycles. The molecule has 0 atom stereocenters. The maximum atomic E-state index is 3.42. The van der Waals surface area contributed by atoms with E-state index in [1.807, 2.05) is 0 Å². The van der Waals surface area contributed by atoms with Gasteiger partial charge in [0.25, 0.3) is 0 Å². The Kier molecular flexibility index (Phi) is 16.1. The van der Waals surface area contributed by atoms with E-state index >= 15 is 0 Å². The van der Waals surface area contributed by atoms with E-state index < -0.39 is 0 Å². The number of rotatable bonds is 1. The smallest absolute Gasteiger partial charge is 0.245 e. The van der Waals surface area contributed by atoms with E-state index in [1.165, 1.54) is 0 Å². The Morgan fingerprint density at radius 3 is 2.00 bits per heavy atom. The Morgan fingerprint density at radius 2 is 2.00 bits per heavy atom. The summed E-state index contributed by atoms with van der Waals surface area (Å²) in [5.41, 5.74) is 0. The first kappa shape index (κ1) is 10.2. The van der Waals surface area contributed by atoms with Crippen molar-refractivity contribution in [2.24, 2.45) is 0 Å². The first-order valence-electron chi connectivity index (χ1n) is 1.48. The molecule has 0 spiro atoms. The van der Waals surface area contributed by atoms with Crippen LogP contribution in [0.1, 0.15) is 0 Å². The van der Waals surface area contributed by atoms with Gasteiger partial charge in [-0.05, 0) is 0 Å². The number of hydrogen-bond acceptors (Lipinski definition) is 0. The van der Waals surface area contributed by atoms with Crippen molar-refractivity contribution in [3.63, 3.8) is 0 Å². The second kappa shape index (κ2) is 9.47. The van der Waals surface area contributed by atoms with Gasteiger partial charge in [0.1, 0.15) is 0 Å². The van der Waals surface area contributed by atoms with Crippen molar-refractivity contribution in [1.82, 2.24) is 0 Å². The van der Waals surface area contributed by atoms with E-state index in [9.17, 15) is 0 Å². The monoisotopic (exact) mass is 152 g/mol. The SMILES string of the molecule is C=CC=C[CH2-].[Rb+]. The molecule has 0 amide bonds. The van der Waals surface area contributed by atoms with E-state index in [0.717, 1.165) is 0 Å². The van der Waals surface area contributed by atoms with Gasteiger partial charge in [-0.25, -0.2) is 19.1 Å². The van der Waals surface area contributed by atoms with Crippen LogP contribution in [0.2, 0.25) is 0 Å². The third-order valence-corrected chi connectivity index (χ3v) is 0.272. The van der Waals surface area contributed by atoms with Gasteiger partial charge in [-0.2, -0.15) is 6.08 Å². The van der Waals surface area contributed by atoms with E-state index in [-0.39, 0.29) is 58.2 Å². The first-order chi connectivity index (χ1) is 2.41. The molecule has 0 radical (unpaired) electrons.